The average Bonchev–Trinajstić information content (AvgIpc) is 2.37. The Kier molecular flexibility index (Phi) is 5.40. The molecule has 0 aliphatic rings. The van der Waals surface area contributed by atoms with Crippen LogP contribution in [-0.4, -0.2) is 28.9 Å². The molecule has 0 bridgehead atoms. The summed E-state index contributed by atoms with van der Waals surface area (Å²) in [7, 11) is 0. The molecule has 1 aromatic carbocycles. The molecule has 1 unspecified atom stereocenters. The van der Waals surface area contributed by atoms with Gasteiger partial charge in [0.25, 0.3) is 0 Å². The van der Waals surface area contributed by atoms with Crippen LogP contribution >= 0.6 is 0 Å². The van der Waals surface area contributed by atoms with E-state index in [-0.39, 0.29) is 23.1 Å². The Morgan fingerprint density at radius 1 is 1.24 bits per heavy atom. The molecule has 1 rings (SSSR count). The van der Waals surface area contributed by atoms with E-state index in [2.05, 4.69) is 10.6 Å². The average molecular weight is 296 g/mol. The zero-order valence-corrected chi connectivity index (χ0v) is 11.9. The summed E-state index contributed by atoms with van der Waals surface area (Å²) in [5, 5.41) is 13.9. The maximum absolute atomic E-state index is 13.1. The van der Waals surface area contributed by atoms with Gasteiger partial charge in [0, 0.05) is 6.92 Å². The van der Waals surface area contributed by atoms with Crippen LogP contribution in [0.4, 0.5) is 10.1 Å². The molecule has 21 heavy (non-hydrogen) atoms. The minimum atomic E-state index is -1.36. The normalized spacial score (nSPS) is 11.9. The highest BCUT2D eigenvalue weighted by Gasteiger charge is 2.24. The van der Waals surface area contributed by atoms with Gasteiger partial charge in [-0.2, -0.15) is 0 Å². The van der Waals surface area contributed by atoms with E-state index in [0.29, 0.717) is 0 Å². The van der Waals surface area contributed by atoms with Crippen molar-refractivity contribution in [3.63, 3.8) is 0 Å². The maximum Gasteiger partial charge on any atom is 0.337 e. The molecule has 1 atom stereocenters. The molecular formula is C14H17FN2O4. The van der Waals surface area contributed by atoms with Crippen molar-refractivity contribution in [2.45, 2.75) is 26.8 Å². The fourth-order valence-electron chi connectivity index (χ4n) is 1.77. The second-order valence-electron chi connectivity index (χ2n) is 4.91. The summed E-state index contributed by atoms with van der Waals surface area (Å²) in [4.78, 5) is 34.3. The summed E-state index contributed by atoms with van der Waals surface area (Å²) in [5.41, 5.74) is -0.376. The number of amides is 2. The molecule has 0 saturated carbocycles. The zero-order chi connectivity index (χ0) is 16.2. The van der Waals surface area contributed by atoms with E-state index in [4.69, 9.17) is 5.11 Å². The van der Waals surface area contributed by atoms with Crippen molar-refractivity contribution in [2.24, 2.45) is 5.92 Å². The van der Waals surface area contributed by atoms with Crippen LogP contribution in [0, 0.1) is 11.7 Å². The van der Waals surface area contributed by atoms with E-state index >= 15 is 0 Å². The van der Waals surface area contributed by atoms with Crippen LogP contribution < -0.4 is 10.6 Å². The number of nitrogens with one attached hydrogen (secondary N) is 2. The van der Waals surface area contributed by atoms with Gasteiger partial charge in [0.05, 0.1) is 11.3 Å². The minimum absolute atomic E-state index is 0.0232. The lowest BCUT2D eigenvalue weighted by Gasteiger charge is -2.21. The van der Waals surface area contributed by atoms with Crippen molar-refractivity contribution < 1.29 is 23.9 Å². The molecule has 0 aliphatic heterocycles. The predicted molar refractivity (Wildman–Crippen MR) is 74.4 cm³/mol. The predicted octanol–water partition coefficient (Wildman–Crippen LogP) is 1.62. The fraction of sp³-hybridized carbons (Fsp3) is 0.357. The standard InChI is InChI=1S/C14H17FN2O4/c1-7(2)12(16-8(3)18)13(19)17-11-5-4-9(15)6-10(11)14(20)21/h4-7,12H,1-3H3,(H,16,18)(H,17,19)(H,20,21). The molecule has 0 aliphatic carbocycles. The Bertz CT molecular complexity index is 572. The summed E-state index contributed by atoms with van der Waals surface area (Å²) >= 11 is 0. The van der Waals surface area contributed by atoms with E-state index in [1.165, 1.54) is 13.0 Å². The van der Waals surface area contributed by atoms with Crippen molar-refractivity contribution >= 4 is 23.5 Å². The topological polar surface area (TPSA) is 95.5 Å². The molecule has 0 aromatic heterocycles. The molecule has 1 aromatic rings. The number of anilines is 1. The lowest BCUT2D eigenvalue weighted by atomic mass is 10.0. The van der Waals surface area contributed by atoms with Gasteiger partial charge in [-0.15, -0.1) is 0 Å². The molecule has 0 radical (unpaired) electrons. The first kappa shape index (κ1) is 16.6. The third-order valence-corrected chi connectivity index (χ3v) is 2.78. The Morgan fingerprint density at radius 2 is 1.86 bits per heavy atom. The molecule has 7 heteroatoms. The lowest BCUT2D eigenvalue weighted by molar-refractivity contribution is -0.126. The van der Waals surface area contributed by atoms with Gasteiger partial charge >= 0.3 is 5.97 Å². The van der Waals surface area contributed by atoms with Gasteiger partial charge in [0.2, 0.25) is 11.8 Å². The summed E-state index contributed by atoms with van der Waals surface area (Å²) in [5.74, 6) is -3.20. The molecule has 3 N–H and O–H groups in total. The second kappa shape index (κ2) is 6.83. The highest BCUT2D eigenvalue weighted by Crippen LogP contribution is 2.18. The van der Waals surface area contributed by atoms with Crippen molar-refractivity contribution in [3.05, 3.63) is 29.6 Å². The fourth-order valence-corrected chi connectivity index (χ4v) is 1.77. The monoisotopic (exact) mass is 296 g/mol. The van der Waals surface area contributed by atoms with Crippen molar-refractivity contribution in [1.82, 2.24) is 5.32 Å². The van der Waals surface area contributed by atoms with E-state index < -0.39 is 23.7 Å². The van der Waals surface area contributed by atoms with E-state index in [9.17, 15) is 18.8 Å². The Labute approximate surface area is 121 Å². The van der Waals surface area contributed by atoms with Crippen LogP contribution in [0.5, 0.6) is 0 Å². The molecule has 0 spiro atoms. The van der Waals surface area contributed by atoms with Gasteiger partial charge in [-0.05, 0) is 24.1 Å². The molecule has 0 saturated heterocycles. The quantitative estimate of drug-likeness (QED) is 0.769. The van der Waals surface area contributed by atoms with Crippen molar-refractivity contribution in [3.8, 4) is 0 Å². The summed E-state index contributed by atoms with van der Waals surface area (Å²) in [6, 6.07) is 2.22. The van der Waals surface area contributed by atoms with Crippen LogP contribution in [-0.2, 0) is 9.59 Å². The highest BCUT2D eigenvalue weighted by atomic mass is 19.1. The van der Waals surface area contributed by atoms with Gasteiger partial charge in [-0.3, -0.25) is 9.59 Å². The largest absolute Gasteiger partial charge is 0.478 e. The highest BCUT2D eigenvalue weighted by molar-refractivity contribution is 6.03. The number of rotatable bonds is 5. The molecule has 0 fully saturated rings. The van der Waals surface area contributed by atoms with Crippen molar-refractivity contribution in [1.29, 1.82) is 0 Å². The third kappa shape index (κ3) is 4.55. The number of halogens is 1. The van der Waals surface area contributed by atoms with Crippen LogP contribution in [0.15, 0.2) is 18.2 Å². The van der Waals surface area contributed by atoms with Gasteiger partial charge in [0.15, 0.2) is 0 Å². The Morgan fingerprint density at radius 3 is 2.33 bits per heavy atom. The first-order valence-corrected chi connectivity index (χ1v) is 6.33. The van der Waals surface area contributed by atoms with Crippen LogP contribution in [0.3, 0.4) is 0 Å². The minimum Gasteiger partial charge on any atom is -0.478 e. The summed E-state index contributed by atoms with van der Waals surface area (Å²) < 4.78 is 13.1. The van der Waals surface area contributed by atoms with Crippen molar-refractivity contribution in [2.75, 3.05) is 5.32 Å². The smallest absolute Gasteiger partial charge is 0.337 e. The van der Waals surface area contributed by atoms with Gasteiger partial charge in [-0.25, -0.2) is 9.18 Å². The summed E-state index contributed by atoms with van der Waals surface area (Å²) in [6.45, 7) is 4.76. The van der Waals surface area contributed by atoms with E-state index in [1.807, 2.05) is 0 Å². The molecule has 114 valence electrons. The summed E-state index contributed by atoms with van der Waals surface area (Å²) in [6.07, 6.45) is 0. The number of aromatic carboxylic acids is 1. The van der Waals surface area contributed by atoms with Gasteiger partial charge < -0.3 is 15.7 Å². The second-order valence-corrected chi connectivity index (χ2v) is 4.91. The van der Waals surface area contributed by atoms with Crippen LogP contribution in [0.25, 0.3) is 0 Å². The van der Waals surface area contributed by atoms with Crippen LogP contribution in [0.1, 0.15) is 31.1 Å². The number of hydrogen-bond donors (Lipinski definition) is 3. The van der Waals surface area contributed by atoms with E-state index in [1.54, 1.807) is 13.8 Å². The first-order chi connectivity index (χ1) is 9.72. The number of carbonyl (C=O) groups is 3. The number of hydrogen-bond acceptors (Lipinski definition) is 3. The van der Waals surface area contributed by atoms with E-state index in [0.717, 1.165) is 12.1 Å². The van der Waals surface area contributed by atoms with Gasteiger partial charge in [0.1, 0.15) is 11.9 Å². The lowest BCUT2D eigenvalue weighted by Crippen LogP contribution is -2.46. The Hall–Kier alpha value is -2.44. The molecule has 2 amide bonds. The third-order valence-electron chi connectivity index (χ3n) is 2.78. The van der Waals surface area contributed by atoms with Crippen LogP contribution in [0.2, 0.25) is 0 Å². The number of carboxylic acid groups (broad SMARTS) is 1. The number of carbonyl (C=O) groups excluding carboxylic acids is 2. The molecule has 6 nitrogen and oxygen atoms in total. The number of carboxylic acids is 1. The van der Waals surface area contributed by atoms with Gasteiger partial charge in [-0.1, -0.05) is 13.8 Å². The number of benzene rings is 1. The zero-order valence-electron chi connectivity index (χ0n) is 11.9. The first-order valence-electron chi connectivity index (χ1n) is 6.33. The Balaban J connectivity index is 3.01. The SMILES string of the molecule is CC(=O)NC(C(=O)Nc1ccc(F)cc1C(=O)O)C(C)C. The molecular weight excluding hydrogens is 279 g/mol. The molecule has 0 heterocycles. The maximum atomic E-state index is 13.1.